The number of anilines is 2. The zero-order chi connectivity index (χ0) is 27.4. The van der Waals surface area contributed by atoms with Crippen LogP contribution in [-0.2, 0) is 9.59 Å². The maximum Gasteiger partial charge on any atom is 0.234 e. The Bertz CT molecular complexity index is 1670. The van der Waals surface area contributed by atoms with Crippen LogP contribution in [0.25, 0.3) is 20.4 Å². The number of nitrogens with one attached hydrogen (secondary N) is 2. The van der Waals surface area contributed by atoms with E-state index < -0.39 is 0 Å². The van der Waals surface area contributed by atoms with Gasteiger partial charge < -0.3 is 15.4 Å². The number of hydrogen-bond acceptors (Lipinski definition) is 9. The Morgan fingerprint density at radius 3 is 2.21 bits per heavy atom. The normalized spacial score (nSPS) is 11.2. The van der Waals surface area contributed by atoms with Gasteiger partial charge in [-0.1, -0.05) is 41.2 Å². The lowest BCUT2D eigenvalue weighted by molar-refractivity contribution is -0.114. The lowest BCUT2D eigenvalue weighted by Crippen LogP contribution is -2.14. The average Bonchev–Trinajstić information content (AvgIpc) is 3.51. The van der Waals surface area contributed by atoms with Gasteiger partial charge in [0.2, 0.25) is 11.8 Å². The summed E-state index contributed by atoms with van der Waals surface area (Å²) >= 11 is 11.9. The second-order valence-corrected chi connectivity index (χ2v) is 13.3. The van der Waals surface area contributed by atoms with Crippen LogP contribution in [-0.4, -0.2) is 39.9 Å². The molecule has 0 bridgehead atoms. The van der Waals surface area contributed by atoms with Gasteiger partial charge in [-0.2, -0.15) is 0 Å². The molecule has 7 nitrogen and oxygen atoms in total. The Balaban J connectivity index is 1.14. The molecular formula is C27H23ClN4O3S4. The third-order valence-corrected chi connectivity index (χ3v) is 9.99. The molecule has 0 atom stereocenters. The number of carbonyl (C=O) groups is 2. The second-order valence-electron chi connectivity index (χ2n) is 8.34. The van der Waals surface area contributed by atoms with Crippen LogP contribution in [0, 0.1) is 6.92 Å². The van der Waals surface area contributed by atoms with Gasteiger partial charge in [0, 0.05) is 16.4 Å². The molecule has 200 valence electrons. The molecule has 0 saturated carbocycles. The summed E-state index contributed by atoms with van der Waals surface area (Å²) in [6, 6.07) is 16.8. The number of thiazole rings is 2. The molecule has 2 aromatic heterocycles. The van der Waals surface area contributed by atoms with Gasteiger partial charge in [-0.05, 0) is 67.9 Å². The molecule has 0 spiro atoms. The first-order chi connectivity index (χ1) is 18.9. The van der Waals surface area contributed by atoms with Gasteiger partial charge in [0.1, 0.15) is 5.75 Å². The third-order valence-electron chi connectivity index (χ3n) is 5.43. The molecule has 0 fully saturated rings. The Hall–Kier alpha value is -2.83. The number of ether oxygens (including phenoxy) is 1. The number of aryl methyl sites for hydroxylation is 1. The average molecular weight is 615 g/mol. The van der Waals surface area contributed by atoms with Crippen LogP contribution < -0.4 is 15.4 Å². The summed E-state index contributed by atoms with van der Waals surface area (Å²) in [6.45, 7) is 4.48. The molecule has 2 heterocycles. The molecule has 0 aliphatic heterocycles. The fourth-order valence-corrected chi connectivity index (χ4v) is 7.59. The molecule has 0 aliphatic carbocycles. The standard InChI is InChI=1S/C27H23ClN4O3S4/c1-3-35-18-7-9-20-23(12-18)39-27(32-20)36-13-24(33)29-17-6-8-19-22(11-17)38-26(31-19)37-14-25(34)30-21-10-16(28)5-4-15(21)2/h4-12H,3,13-14H2,1-2H3,(H,29,33)(H,30,34). The molecule has 0 saturated heterocycles. The Labute approximate surface area is 246 Å². The van der Waals surface area contributed by atoms with Crippen LogP contribution in [0.5, 0.6) is 5.75 Å². The van der Waals surface area contributed by atoms with Crippen molar-refractivity contribution in [3.05, 3.63) is 65.2 Å². The largest absolute Gasteiger partial charge is 0.494 e. The molecule has 0 unspecified atom stereocenters. The molecule has 39 heavy (non-hydrogen) atoms. The SMILES string of the molecule is CCOc1ccc2nc(SCC(=O)Nc3ccc4nc(SCC(=O)Nc5cc(Cl)ccc5C)sc4c3)sc2c1. The van der Waals surface area contributed by atoms with Crippen molar-refractivity contribution in [1.82, 2.24) is 9.97 Å². The van der Waals surface area contributed by atoms with Gasteiger partial charge in [-0.25, -0.2) is 9.97 Å². The number of halogens is 1. The van der Waals surface area contributed by atoms with E-state index in [2.05, 4.69) is 20.6 Å². The first-order valence-corrected chi connectivity index (χ1v) is 15.9. The van der Waals surface area contributed by atoms with Crippen molar-refractivity contribution >= 4 is 101 Å². The third kappa shape index (κ3) is 7.23. The van der Waals surface area contributed by atoms with Gasteiger partial charge in [-0.15, -0.1) is 22.7 Å². The maximum atomic E-state index is 12.6. The summed E-state index contributed by atoms with van der Waals surface area (Å²) in [5.74, 6) is 1.06. The van der Waals surface area contributed by atoms with Gasteiger partial charge >= 0.3 is 0 Å². The number of hydrogen-bond donors (Lipinski definition) is 2. The van der Waals surface area contributed by atoms with Crippen LogP contribution in [0.4, 0.5) is 11.4 Å². The van der Waals surface area contributed by atoms with E-state index in [1.807, 2.05) is 56.3 Å². The highest BCUT2D eigenvalue weighted by Crippen LogP contribution is 2.33. The van der Waals surface area contributed by atoms with Crippen LogP contribution in [0.2, 0.25) is 5.02 Å². The van der Waals surface area contributed by atoms with E-state index in [1.165, 1.54) is 34.9 Å². The summed E-state index contributed by atoms with van der Waals surface area (Å²) in [4.78, 5) is 34.3. The number of rotatable bonds is 10. The predicted octanol–water partition coefficient (Wildman–Crippen LogP) is 7.73. The van der Waals surface area contributed by atoms with Gasteiger partial charge in [0.25, 0.3) is 0 Å². The van der Waals surface area contributed by atoms with Crippen LogP contribution in [0.3, 0.4) is 0 Å². The molecule has 0 radical (unpaired) electrons. The summed E-state index contributed by atoms with van der Waals surface area (Å²) in [5.41, 5.74) is 4.07. The van der Waals surface area contributed by atoms with E-state index in [0.717, 1.165) is 40.4 Å². The number of amides is 2. The first kappa shape index (κ1) is 27.7. The summed E-state index contributed by atoms with van der Waals surface area (Å²) in [7, 11) is 0. The number of benzene rings is 3. The highest BCUT2D eigenvalue weighted by atomic mass is 35.5. The van der Waals surface area contributed by atoms with Crippen molar-refractivity contribution in [3.8, 4) is 5.75 Å². The van der Waals surface area contributed by atoms with Gasteiger partial charge in [0.15, 0.2) is 8.68 Å². The Morgan fingerprint density at radius 1 is 0.872 bits per heavy atom. The van der Waals surface area contributed by atoms with Crippen LogP contribution in [0.1, 0.15) is 12.5 Å². The van der Waals surface area contributed by atoms with Gasteiger partial charge in [-0.3, -0.25) is 9.59 Å². The van der Waals surface area contributed by atoms with E-state index in [1.54, 1.807) is 23.5 Å². The molecule has 5 aromatic rings. The number of thioether (sulfide) groups is 2. The van der Waals surface area contributed by atoms with E-state index >= 15 is 0 Å². The van der Waals surface area contributed by atoms with Crippen molar-refractivity contribution < 1.29 is 14.3 Å². The molecular weight excluding hydrogens is 592 g/mol. The number of fused-ring (bicyclic) bond motifs is 2. The van der Waals surface area contributed by atoms with Crippen molar-refractivity contribution in [3.63, 3.8) is 0 Å². The van der Waals surface area contributed by atoms with Crippen molar-refractivity contribution in [2.24, 2.45) is 0 Å². The van der Waals surface area contributed by atoms with E-state index in [9.17, 15) is 9.59 Å². The minimum atomic E-state index is -0.127. The van der Waals surface area contributed by atoms with E-state index in [-0.39, 0.29) is 23.3 Å². The highest BCUT2D eigenvalue weighted by molar-refractivity contribution is 8.02. The minimum Gasteiger partial charge on any atom is -0.494 e. The van der Waals surface area contributed by atoms with Crippen molar-refractivity contribution in [2.75, 3.05) is 28.7 Å². The molecule has 0 aliphatic rings. The fraction of sp³-hybridized carbons (Fsp3) is 0.185. The molecule has 5 rings (SSSR count). The van der Waals surface area contributed by atoms with Crippen molar-refractivity contribution in [2.45, 2.75) is 22.5 Å². The van der Waals surface area contributed by atoms with E-state index in [4.69, 9.17) is 16.3 Å². The number of nitrogens with zero attached hydrogens (tertiary/aromatic N) is 2. The highest BCUT2D eigenvalue weighted by Gasteiger charge is 2.12. The Kier molecular flexibility index (Phi) is 8.93. The number of carbonyl (C=O) groups excluding carboxylic acids is 2. The zero-order valence-corrected chi connectivity index (χ0v) is 25.0. The molecule has 2 N–H and O–H groups in total. The van der Waals surface area contributed by atoms with Crippen molar-refractivity contribution in [1.29, 1.82) is 0 Å². The first-order valence-electron chi connectivity index (χ1n) is 11.9. The monoisotopic (exact) mass is 614 g/mol. The van der Waals surface area contributed by atoms with Crippen LogP contribution in [0.15, 0.2) is 63.3 Å². The smallest absolute Gasteiger partial charge is 0.234 e. The molecule has 2 amide bonds. The summed E-state index contributed by atoms with van der Waals surface area (Å²) in [6.07, 6.45) is 0. The van der Waals surface area contributed by atoms with E-state index in [0.29, 0.717) is 23.0 Å². The van der Waals surface area contributed by atoms with Gasteiger partial charge in [0.05, 0.1) is 38.5 Å². The Morgan fingerprint density at radius 2 is 1.51 bits per heavy atom. The summed E-state index contributed by atoms with van der Waals surface area (Å²) in [5, 5.41) is 6.43. The number of aromatic nitrogens is 2. The minimum absolute atomic E-state index is 0.110. The fourth-order valence-electron chi connectivity index (χ4n) is 3.61. The topological polar surface area (TPSA) is 93.2 Å². The lowest BCUT2D eigenvalue weighted by Gasteiger charge is -2.08. The zero-order valence-electron chi connectivity index (χ0n) is 20.9. The van der Waals surface area contributed by atoms with Crippen LogP contribution >= 0.6 is 57.8 Å². The predicted molar refractivity (Wildman–Crippen MR) is 165 cm³/mol. The quantitative estimate of drug-likeness (QED) is 0.155. The second kappa shape index (κ2) is 12.6. The lowest BCUT2D eigenvalue weighted by atomic mass is 10.2. The molecule has 12 heteroatoms. The summed E-state index contributed by atoms with van der Waals surface area (Å²) < 4.78 is 9.14. The molecule has 3 aromatic carbocycles. The maximum absolute atomic E-state index is 12.6.